The molecule has 49 heavy (non-hydrogen) atoms. The third kappa shape index (κ3) is 4.28. The molecule has 2 aliphatic heterocycles. The van der Waals surface area contributed by atoms with Gasteiger partial charge in [-0.15, -0.1) is 0 Å². The van der Waals surface area contributed by atoms with E-state index in [1.54, 1.807) is 12.2 Å². The van der Waals surface area contributed by atoms with Gasteiger partial charge in [-0.25, -0.2) is 0 Å². The predicted octanol–water partition coefficient (Wildman–Crippen LogP) is 5.57. The van der Waals surface area contributed by atoms with Crippen molar-refractivity contribution < 1.29 is 53.7 Å². The molecular formula is C36H28O13. The van der Waals surface area contributed by atoms with Crippen molar-refractivity contribution in [2.75, 3.05) is 0 Å². The predicted molar refractivity (Wildman–Crippen MR) is 176 cm³/mol. The number of fused-ring (bicyclic) bond motifs is 8. The van der Waals surface area contributed by atoms with Gasteiger partial charge >= 0.3 is 0 Å². The minimum atomic E-state index is -1.63. The van der Waals surface area contributed by atoms with Crippen LogP contribution in [0.15, 0.2) is 60.9 Å². The first kappa shape index (κ1) is 30.3. The summed E-state index contributed by atoms with van der Waals surface area (Å²) >= 11 is 0. The Morgan fingerprint density at radius 3 is 2.02 bits per heavy atom. The average molecular weight is 669 g/mol. The fourth-order valence-corrected chi connectivity index (χ4v) is 6.50. The molecule has 0 unspecified atom stereocenters. The van der Waals surface area contributed by atoms with Crippen LogP contribution in [-0.2, 0) is 0 Å². The largest absolute Gasteiger partial charge is 0.507 e. The Balaban J connectivity index is 1.35. The van der Waals surface area contributed by atoms with Crippen molar-refractivity contribution in [3.63, 3.8) is 0 Å². The summed E-state index contributed by atoms with van der Waals surface area (Å²) in [7, 11) is 0. The number of hydrogen-bond donors (Lipinski definition) is 6. The maximum atomic E-state index is 13.7. The van der Waals surface area contributed by atoms with E-state index in [9.17, 15) is 40.2 Å². The van der Waals surface area contributed by atoms with Gasteiger partial charge in [0.2, 0.25) is 22.4 Å². The first-order chi connectivity index (χ1) is 23.1. The molecule has 0 spiro atoms. The molecule has 6 N–H and O–H groups in total. The minimum absolute atomic E-state index is 0.0288. The molecule has 0 fully saturated rings. The molecule has 13 heteroatoms. The zero-order valence-electron chi connectivity index (χ0n) is 26.3. The number of ether oxygens (including phenoxy) is 3. The molecule has 0 radical (unpaired) electrons. The first-order valence-corrected chi connectivity index (χ1v) is 15.2. The van der Waals surface area contributed by atoms with E-state index in [1.165, 1.54) is 44.2 Å². The number of rotatable bonds is 3. The van der Waals surface area contributed by atoms with Crippen LogP contribution < -0.4 is 25.1 Å². The highest BCUT2D eigenvalue weighted by Gasteiger charge is 2.48. The molecular weight excluding hydrogens is 640 g/mol. The normalized spacial score (nSPS) is 18.1. The van der Waals surface area contributed by atoms with Crippen LogP contribution in [-0.4, -0.2) is 47.9 Å². The molecule has 0 saturated carbocycles. The van der Waals surface area contributed by atoms with E-state index in [4.69, 9.17) is 23.0 Å². The molecule has 4 aromatic carbocycles. The van der Waals surface area contributed by atoms with E-state index in [2.05, 4.69) is 0 Å². The summed E-state index contributed by atoms with van der Waals surface area (Å²) in [5.41, 5.74) is -4.20. The van der Waals surface area contributed by atoms with Crippen LogP contribution in [0.1, 0.15) is 44.9 Å². The molecule has 2 aromatic heterocycles. The summed E-state index contributed by atoms with van der Waals surface area (Å²) in [6.07, 6.45) is 0.904. The number of phenolic OH excluding ortho intramolecular Hbond substituents is 5. The van der Waals surface area contributed by atoms with Crippen molar-refractivity contribution in [1.82, 2.24) is 0 Å². The standard InChI is InChI=1S/C36H28O13/c1-35(2)10-9-13-20(49-35)11-17(38)22-25(40)15-6-8-19(28(43)31(15)47-29(13)22)45-33-24-21(46-34(33)36(3,4)44)12-18(39)23-26(41)14-5-7-16(37)27(42)30(14)48-32(23)24/h5-12,33-34,37-39,42-44H,1-4H3/t33-,34+/m0/s1. The lowest BCUT2D eigenvalue weighted by Gasteiger charge is -2.30. The molecule has 250 valence electrons. The van der Waals surface area contributed by atoms with Gasteiger partial charge in [-0.1, -0.05) is 0 Å². The van der Waals surface area contributed by atoms with Crippen molar-refractivity contribution in [1.29, 1.82) is 0 Å². The van der Waals surface area contributed by atoms with E-state index in [-0.39, 0.29) is 72.4 Å². The molecule has 8 rings (SSSR count). The lowest BCUT2D eigenvalue weighted by molar-refractivity contribution is -0.0693. The maximum Gasteiger partial charge on any atom is 0.204 e. The molecule has 0 aliphatic carbocycles. The van der Waals surface area contributed by atoms with E-state index in [0.29, 0.717) is 5.56 Å². The zero-order chi connectivity index (χ0) is 34.9. The highest BCUT2D eigenvalue weighted by atomic mass is 16.6. The third-order valence-corrected chi connectivity index (χ3v) is 8.87. The molecule has 0 bridgehead atoms. The van der Waals surface area contributed by atoms with Crippen molar-refractivity contribution >= 4 is 50.0 Å². The Morgan fingerprint density at radius 1 is 0.755 bits per heavy atom. The van der Waals surface area contributed by atoms with E-state index < -0.39 is 57.3 Å². The van der Waals surface area contributed by atoms with Crippen molar-refractivity contribution in [2.24, 2.45) is 0 Å². The van der Waals surface area contributed by atoms with E-state index in [1.807, 2.05) is 13.8 Å². The van der Waals surface area contributed by atoms with Crippen LogP contribution in [0.4, 0.5) is 0 Å². The second-order valence-corrected chi connectivity index (χ2v) is 13.3. The number of phenols is 5. The number of aliphatic hydroxyl groups is 1. The van der Waals surface area contributed by atoms with Gasteiger partial charge in [0.25, 0.3) is 0 Å². The first-order valence-electron chi connectivity index (χ1n) is 15.2. The van der Waals surface area contributed by atoms with Gasteiger partial charge in [0, 0.05) is 12.1 Å². The zero-order valence-corrected chi connectivity index (χ0v) is 26.3. The van der Waals surface area contributed by atoms with Gasteiger partial charge < -0.3 is 53.7 Å². The van der Waals surface area contributed by atoms with Gasteiger partial charge in [0.15, 0.2) is 46.0 Å². The Bertz CT molecular complexity index is 2600. The van der Waals surface area contributed by atoms with Crippen LogP contribution in [0.25, 0.3) is 50.0 Å². The fraction of sp³-hybridized carbons (Fsp3) is 0.222. The number of aromatic hydroxyl groups is 5. The maximum absolute atomic E-state index is 13.7. The summed E-state index contributed by atoms with van der Waals surface area (Å²) in [6, 6.07) is 7.47. The molecule has 2 atom stereocenters. The fourth-order valence-electron chi connectivity index (χ4n) is 6.50. The molecule has 0 saturated heterocycles. The van der Waals surface area contributed by atoms with Gasteiger partial charge in [-0.05, 0) is 64.1 Å². The Hall–Kier alpha value is -6.08. The Kier molecular flexibility index (Phi) is 6.01. The van der Waals surface area contributed by atoms with Crippen LogP contribution in [0.2, 0.25) is 0 Å². The SMILES string of the molecule is CC1(C)C=Cc2c(cc(O)c3c(=O)c4ccc(O[C@H]5c6c(cc(O)c7c(=O)c8ccc(O)c(O)c8oc67)O[C@H]5C(C)(C)O)c(O)c4oc23)O1. The Labute approximate surface area is 274 Å². The highest BCUT2D eigenvalue weighted by molar-refractivity contribution is 6.01. The molecule has 6 aromatic rings. The third-order valence-electron chi connectivity index (χ3n) is 8.87. The van der Waals surface area contributed by atoms with Crippen LogP contribution >= 0.6 is 0 Å². The quantitative estimate of drug-likeness (QED) is 0.101. The van der Waals surface area contributed by atoms with Gasteiger partial charge in [-0.3, -0.25) is 9.59 Å². The second-order valence-electron chi connectivity index (χ2n) is 13.3. The Morgan fingerprint density at radius 2 is 1.35 bits per heavy atom. The lowest BCUT2D eigenvalue weighted by Crippen LogP contribution is -2.43. The van der Waals surface area contributed by atoms with Crippen LogP contribution in [0.5, 0.6) is 46.0 Å². The average Bonchev–Trinajstić information content (AvgIpc) is 3.38. The summed E-state index contributed by atoms with van der Waals surface area (Å²) < 4.78 is 30.4. The topological polar surface area (TPSA) is 209 Å². The van der Waals surface area contributed by atoms with E-state index >= 15 is 0 Å². The smallest absolute Gasteiger partial charge is 0.204 e. The lowest BCUT2D eigenvalue weighted by atomic mass is 9.93. The van der Waals surface area contributed by atoms with Crippen molar-refractivity contribution in [3.05, 3.63) is 74.0 Å². The van der Waals surface area contributed by atoms with Crippen molar-refractivity contribution in [2.45, 2.75) is 51.1 Å². The summed E-state index contributed by atoms with van der Waals surface area (Å²) in [6.45, 7) is 6.51. The molecule has 0 amide bonds. The van der Waals surface area contributed by atoms with Gasteiger partial charge in [0.05, 0.1) is 27.5 Å². The monoisotopic (exact) mass is 668 g/mol. The van der Waals surface area contributed by atoms with Crippen LogP contribution in [0.3, 0.4) is 0 Å². The number of hydrogen-bond acceptors (Lipinski definition) is 13. The summed E-state index contributed by atoms with van der Waals surface area (Å²) in [4.78, 5) is 27.2. The van der Waals surface area contributed by atoms with Crippen LogP contribution in [0, 0.1) is 0 Å². The molecule has 4 heterocycles. The minimum Gasteiger partial charge on any atom is -0.507 e. The molecule has 13 nitrogen and oxygen atoms in total. The van der Waals surface area contributed by atoms with Crippen molar-refractivity contribution in [3.8, 4) is 46.0 Å². The number of benzene rings is 4. The summed E-state index contributed by atoms with van der Waals surface area (Å²) in [5, 5.41) is 64.5. The highest BCUT2D eigenvalue weighted by Crippen LogP contribution is 2.51. The summed E-state index contributed by atoms with van der Waals surface area (Å²) in [5.74, 6) is -2.74. The van der Waals surface area contributed by atoms with Gasteiger partial charge in [0.1, 0.15) is 39.4 Å². The van der Waals surface area contributed by atoms with Gasteiger partial charge in [-0.2, -0.15) is 0 Å². The van der Waals surface area contributed by atoms with E-state index in [0.717, 1.165) is 6.07 Å². The second kappa shape index (κ2) is 9.73. The molecule has 2 aliphatic rings.